The van der Waals surface area contributed by atoms with Crippen molar-refractivity contribution in [3.05, 3.63) is 28.2 Å². The number of hydrogen-bond donors (Lipinski definition) is 3. The number of nitrogens with zero attached hydrogens (tertiary/aromatic N) is 1. The number of carbonyl (C=O) groups is 1. The molecule has 1 aromatic carbocycles. The molecule has 0 bridgehead atoms. The number of rotatable bonds is 3. The Kier molecular flexibility index (Phi) is 5.30. The highest BCUT2D eigenvalue weighted by Crippen LogP contribution is 2.23. The van der Waals surface area contributed by atoms with E-state index < -0.39 is 0 Å². The third-order valence-electron chi connectivity index (χ3n) is 1.88. The summed E-state index contributed by atoms with van der Waals surface area (Å²) < 4.78 is 0.844. The van der Waals surface area contributed by atoms with Crippen LogP contribution in [0.25, 0.3) is 0 Å². The van der Waals surface area contributed by atoms with Crippen molar-refractivity contribution in [2.24, 2.45) is 16.7 Å². The number of benzene rings is 1. The first-order chi connectivity index (χ1) is 8.02. The van der Waals surface area contributed by atoms with Gasteiger partial charge in [-0.3, -0.25) is 4.79 Å². The molecule has 5 N–H and O–H groups in total. The molecule has 0 aliphatic rings. The van der Waals surface area contributed by atoms with Gasteiger partial charge in [0, 0.05) is 4.47 Å². The van der Waals surface area contributed by atoms with Crippen LogP contribution in [0.1, 0.15) is 5.56 Å². The molecular weight excluding hydrogens is 304 g/mol. The molecule has 92 valence electrons. The van der Waals surface area contributed by atoms with Gasteiger partial charge >= 0.3 is 0 Å². The van der Waals surface area contributed by atoms with Gasteiger partial charge in [0.1, 0.15) is 0 Å². The van der Waals surface area contributed by atoms with Crippen molar-refractivity contribution in [3.8, 4) is 0 Å². The van der Waals surface area contributed by atoms with Gasteiger partial charge in [-0.25, -0.2) is 0 Å². The average Bonchev–Trinajstić information content (AvgIpc) is 2.29. The van der Waals surface area contributed by atoms with Gasteiger partial charge in [0.15, 0.2) is 5.17 Å². The Bertz CT molecular complexity index is 450. The summed E-state index contributed by atoms with van der Waals surface area (Å²) >= 11 is 4.47. The van der Waals surface area contributed by atoms with Crippen molar-refractivity contribution in [2.45, 2.75) is 6.92 Å². The van der Waals surface area contributed by atoms with Crippen LogP contribution in [0, 0.1) is 6.92 Å². The van der Waals surface area contributed by atoms with Gasteiger partial charge in [-0.05, 0) is 40.5 Å². The smallest absolute Gasteiger partial charge is 0.234 e. The molecule has 0 saturated carbocycles. The second-order valence-electron chi connectivity index (χ2n) is 3.29. The third kappa shape index (κ3) is 4.66. The van der Waals surface area contributed by atoms with E-state index in [1.165, 1.54) is 0 Å². The van der Waals surface area contributed by atoms with Crippen LogP contribution >= 0.6 is 27.7 Å². The molecular formula is C10H13BrN4OS. The first-order valence-corrected chi connectivity index (χ1v) is 6.53. The summed E-state index contributed by atoms with van der Waals surface area (Å²) in [4.78, 5) is 11.6. The van der Waals surface area contributed by atoms with Crippen LogP contribution in [-0.4, -0.2) is 16.8 Å². The highest BCUT2D eigenvalue weighted by atomic mass is 79.9. The summed E-state index contributed by atoms with van der Waals surface area (Å²) in [5, 5.41) is 6.21. The first kappa shape index (κ1) is 13.9. The maximum absolute atomic E-state index is 11.6. The summed E-state index contributed by atoms with van der Waals surface area (Å²) in [6.45, 7) is 1.98. The number of nitrogens with one attached hydrogen (secondary N) is 1. The SMILES string of the molecule is Cc1ccc(NC(=O)CSC(N)=NN)c(Br)c1. The van der Waals surface area contributed by atoms with Gasteiger partial charge in [-0.1, -0.05) is 17.8 Å². The molecule has 1 aromatic rings. The fraction of sp³-hybridized carbons (Fsp3) is 0.200. The standard InChI is InChI=1S/C10H13BrN4OS/c1-6-2-3-8(7(11)4-6)14-9(16)5-17-10(12)15-13/h2-4H,5,13H2,1H3,(H2,12,15)(H,14,16). The van der Waals surface area contributed by atoms with Crippen LogP contribution in [-0.2, 0) is 4.79 Å². The molecule has 0 aliphatic carbocycles. The van der Waals surface area contributed by atoms with Gasteiger partial charge in [-0.15, -0.1) is 0 Å². The Morgan fingerprint density at radius 3 is 2.88 bits per heavy atom. The summed E-state index contributed by atoms with van der Waals surface area (Å²) in [5.74, 6) is 4.97. The van der Waals surface area contributed by atoms with Crippen molar-refractivity contribution >= 4 is 44.5 Å². The van der Waals surface area contributed by atoms with Crippen LogP contribution in [0.15, 0.2) is 27.8 Å². The van der Waals surface area contributed by atoms with E-state index in [9.17, 15) is 4.79 Å². The van der Waals surface area contributed by atoms with E-state index in [-0.39, 0.29) is 16.8 Å². The number of anilines is 1. The largest absolute Gasteiger partial charge is 0.377 e. The highest BCUT2D eigenvalue weighted by molar-refractivity contribution is 9.10. The molecule has 1 rings (SSSR count). The Hall–Kier alpha value is -1.21. The second-order valence-corrected chi connectivity index (χ2v) is 5.14. The zero-order chi connectivity index (χ0) is 12.8. The number of thioether (sulfide) groups is 1. The molecule has 0 aliphatic heterocycles. The van der Waals surface area contributed by atoms with Crippen molar-refractivity contribution in [2.75, 3.05) is 11.1 Å². The van der Waals surface area contributed by atoms with E-state index in [4.69, 9.17) is 11.6 Å². The third-order valence-corrected chi connectivity index (χ3v) is 3.34. The zero-order valence-corrected chi connectivity index (χ0v) is 11.6. The molecule has 0 fully saturated rings. The molecule has 0 unspecified atom stereocenters. The Morgan fingerprint density at radius 1 is 1.59 bits per heavy atom. The normalized spacial score (nSPS) is 11.3. The molecule has 0 saturated heterocycles. The van der Waals surface area contributed by atoms with Gasteiger partial charge in [-0.2, -0.15) is 5.10 Å². The maximum Gasteiger partial charge on any atom is 0.234 e. The second kappa shape index (κ2) is 6.51. The van der Waals surface area contributed by atoms with Crippen LogP contribution in [0.3, 0.4) is 0 Å². The van der Waals surface area contributed by atoms with E-state index in [2.05, 4.69) is 26.3 Å². The predicted molar refractivity (Wildman–Crippen MR) is 75.8 cm³/mol. The molecule has 1 amide bonds. The monoisotopic (exact) mass is 316 g/mol. The van der Waals surface area contributed by atoms with E-state index in [1.54, 1.807) is 0 Å². The molecule has 0 heterocycles. The van der Waals surface area contributed by atoms with E-state index >= 15 is 0 Å². The number of hydrazone groups is 1. The zero-order valence-electron chi connectivity index (χ0n) is 9.24. The predicted octanol–water partition coefficient (Wildman–Crippen LogP) is 1.62. The lowest BCUT2D eigenvalue weighted by Crippen LogP contribution is -2.18. The number of carbonyl (C=O) groups excluding carboxylic acids is 1. The minimum atomic E-state index is -0.161. The van der Waals surface area contributed by atoms with Gasteiger partial charge < -0.3 is 16.9 Å². The Balaban J connectivity index is 2.56. The first-order valence-electron chi connectivity index (χ1n) is 4.75. The van der Waals surface area contributed by atoms with Crippen LogP contribution in [0.2, 0.25) is 0 Å². The van der Waals surface area contributed by atoms with Crippen LogP contribution in [0.5, 0.6) is 0 Å². The molecule has 17 heavy (non-hydrogen) atoms. The number of amidine groups is 1. The minimum absolute atomic E-state index is 0.161. The van der Waals surface area contributed by atoms with Gasteiger partial charge in [0.25, 0.3) is 0 Å². The summed E-state index contributed by atoms with van der Waals surface area (Å²) in [6.07, 6.45) is 0. The van der Waals surface area contributed by atoms with Crippen molar-refractivity contribution in [3.63, 3.8) is 0 Å². The molecule has 0 aromatic heterocycles. The number of nitrogens with two attached hydrogens (primary N) is 2. The van der Waals surface area contributed by atoms with E-state index in [0.717, 1.165) is 27.5 Å². The maximum atomic E-state index is 11.6. The van der Waals surface area contributed by atoms with Gasteiger partial charge in [0.2, 0.25) is 5.91 Å². The Morgan fingerprint density at radius 2 is 2.29 bits per heavy atom. The lowest BCUT2D eigenvalue weighted by Gasteiger charge is -2.07. The highest BCUT2D eigenvalue weighted by Gasteiger charge is 2.06. The summed E-state index contributed by atoms with van der Waals surface area (Å²) in [7, 11) is 0. The lowest BCUT2D eigenvalue weighted by atomic mass is 10.2. The van der Waals surface area contributed by atoms with Crippen LogP contribution in [0.4, 0.5) is 5.69 Å². The molecule has 0 radical (unpaired) electrons. The number of halogens is 1. The van der Waals surface area contributed by atoms with Crippen molar-refractivity contribution < 1.29 is 4.79 Å². The fourth-order valence-electron chi connectivity index (χ4n) is 1.08. The number of aryl methyl sites for hydroxylation is 1. The van der Waals surface area contributed by atoms with E-state index in [0.29, 0.717) is 0 Å². The van der Waals surface area contributed by atoms with Gasteiger partial charge in [0.05, 0.1) is 11.4 Å². The van der Waals surface area contributed by atoms with Crippen molar-refractivity contribution in [1.29, 1.82) is 0 Å². The van der Waals surface area contributed by atoms with E-state index in [1.807, 2.05) is 25.1 Å². The topological polar surface area (TPSA) is 93.5 Å². The molecule has 5 nitrogen and oxygen atoms in total. The molecule has 0 spiro atoms. The lowest BCUT2D eigenvalue weighted by molar-refractivity contribution is -0.113. The van der Waals surface area contributed by atoms with Crippen molar-refractivity contribution in [1.82, 2.24) is 0 Å². The molecule has 7 heteroatoms. The number of hydrogen-bond acceptors (Lipinski definition) is 4. The number of amides is 1. The van der Waals surface area contributed by atoms with Crippen LogP contribution < -0.4 is 16.9 Å². The summed E-state index contributed by atoms with van der Waals surface area (Å²) in [5.41, 5.74) is 7.20. The quantitative estimate of drug-likeness (QED) is 0.342. The fourth-order valence-corrected chi connectivity index (χ4v) is 2.10. The minimum Gasteiger partial charge on any atom is -0.377 e. The average molecular weight is 317 g/mol. The Labute approximate surface area is 112 Å². The molecule has 0 atom stereocenters. The summed E-state index contributed by atoms with van der Waals surface area (Å²) in [6, 6.07) is 5.68.